The van der Waals surface area contributed by atoms with E-state index in [2.05, 4.69) is 25.4 Å². The van der Waals surface area contributed by atoms with Crippen LogP contribution in [-0.2, 0) is 27.9 Å². The first-order valence-electron chi connectivity index (χ1n) is 9.27. The first-order valence-corrected chi connectivity index (χ1v) is 11.2. The van der Waals surface area contributed by atoms with Gasteiger partial charge in [-0.1, -0.05) is 24.3 Å². The van der Waals surface area contributed by atoms with Gasteiger partial charge in [0, 0.05) is 19.2 Å². The molecule has 0 bridgehead atoms. The van der Waals surface area contributed by atoms with E-state index in [-0.39, 0.29) is 23.7 Å². The van der Waals surface area contributed by atoms with Crippen molar-refractivity contribution in [3.8, 4) is 0 Å². The third-order valence-electron chi connectivity index (χ3n) is 4.17. The second-order valence-electron chi connectivity index (χ2n) is 6.91. The predicted molar refractivity (Wildman–Crippen MR) is 116 cm³/mol. The van der Waals surface area contributed by atoms with E-state index >= 15 is 0 Å². The van der Waals surface area contributed by atoms with Crippen LogP contribution < -0.4 is 15.4 Å². The van der Waals surface area contributed by atoms with Crippen molar-refractivity contribution in [1.29, 1.82) is 0 Å². The molecular weight excluding hydrogens is 420 g/mol. The number of sulfonamides is 1. The molecule has 0 aliphatic heterocycles. The smallest absolute Gasteiger partial charge is 0.253 e. The van der Waals surface area contributed by atoms with Gasteiger partial charge in [-0.3, -0.25) is 14.3 Å². The van der Waals surface area contributed by atoms with Crippen LogP contribution in [0, 0.1) is 0 Å². The number of rotatable bonds is 8. The Morgan fingerprint density at radius 1 is 1.06 bits per heavy atom. The Bertz CT molecular complexity index is 1170. The third kappa shape index (κ3) is 6.64. The van der Waals surface area contributed by atoms with Crippen molar-refractivity contribution in [2.24, 2.45) is 0 Å². The molecule has 0 fully saturated rings. The monoisotopic (exact) mass is 442 g/mol. The molecule has 11 heteroatoms. The molecule has 1 heterocycles. The molecule has 2 amide bonds. The fourth-order valence-electron chi connectivity index (χ4n) is 2.84. The van der Waals surface area contributed by atoms with Gasteiger partial charge < -0.3 is 10.6 Å². The van der Waals surface area contributed by atoms with Crippen molar-refractivity contribution in [3.05, 3.63) is 71.8 Å². The highest BCUT2D eigenvalue weighted by molar-refractivity contribution is 7.92. The van der Waals surface area contributed by atoms with E-state index in [0.717, 1.165) is 17.4 Å². The van der Waals surface area contributed by atoms with Crippen molar-refractivity contribution < 1.29 is 18.0 Å². The Morgan fingerprint density at radius 3 is 2.39 bits per heavy atom. The van der Waals surface area contributed by atoms with Crippen LogP contribution >= 0.6 is 0 Å². The number of nitrogens with zero attached hydrogens (tertiary/aromatic N) is 3. The van der Waals surface area contributed by atoms with Crippen LogP contribution in [0.15, 0.2) is 55.1 Å². The van der Waals surface area contributed by atoms with Crippen molar-refractivity contribution in [3.63, 3.8) is 0 Å². The van der Waals surface area contributed by atoms with Crippen LogP contribution in [0.4, 0.5) is 11.4 Å². The summed E-state index contributed by atoms with van der Waals surface area (Å²) in [5, 5.41) is 9.41. The van der Waals surface area contributed by atoms with E-state index in [9.17, 15) is 18.0 Å². The first-order chi connectivity index (χ1) is 14.7. The average molecular weight is 443 g/mol. The quantitative estimate of drug-likeness (QED) is 0.485. The molecule has 0 aliphatic rings. The maximum Gasteiger partial charge on any atom is 0.253 e. The SMILES string of the molecule is CC(=O)Nc1ccc(NS(C)(=O)=O)c(C(=O)NCc2ccc(Cn3cncn3)cc2)c1. The summed E-state index contributed by atoms with van der Waals surface area (Å²) in [6.07, 6.45) is 4.10. The lowest BCUT2D eigenvalue weighted by molar-refractivity contribution is -0.114. The minimum absolute atomic E-state index is 0.0967. The lowest BCUT2D eigenvalue weighted by Crippen LogP contribution is -2.25. The molecule has 162 valence electrons. The molecule has 0 aliphatic carbocycles. The summed E-state index contributed by atoms with van der Waals surface area (Å²) >= 11 is 0. The number of amides is 2. The molecule has 3 aromatic rings. The zero-order chi connectivity index (χ0) is 22.4. The first kappa shape index (κ1) is 22.0. The number of hydrogen-bond donors (Lipinski definition) is 3. The Kier molecular flexibility index (Phi) is 6.65. The van der Waals surface area contributed by atoms with Gasteiger partial charge in [0.1, 0.15) is 12.7 Å². The molecule has 2 aromatic carbocycles. The predicted octanol–water partition coefficient (Wildman–Crippen LogP) is 1.59. The van der Waals surface area contributed by atoms with Gasteiger partial charge in [0.25, 0.3) is 5.91 Å². The van der Waals surface area contributed by atoms with Gasteiger partial charge in [0.05, 0.1) is 24.1 Å². The lowest BCUT2D eigenvalue weighted by Gasteiger charge is -2.13. The maximum absolute atomic E-state index is 12.8. The minimum atomic E-state index is -3.59. The van der Waals surface area contributed by atoms with Gasteiger partial charge in [-0.15, -0.1) is 0 Å². The summed E-state index contributed by atoms with van der Waals surface area (Å²) in [4.78, 5) is 28.0. The Labute approximate surface area is 179 Å². The largest absolute Gasteiger partial charge is 0.348 e. The van der Waals surface area contributed by atoms with E-state index in [0.29, 0.717) is 12.2 Å². The zero-order valence-corrected chi connectivity index (χ0v) is 17.8. The highest BCUT2D eigenvalue weighted by Gasteiger charge is 2.15. The zero-order valence-electron chi connectivity index (χ0n) is 17.0. The van der Waals surface area contributed by atoms with Crippen LogP contribution in [0.2, 0.25) is 0 Å². The van der Waals surface area contributed by atoms with Gasteiger partial charge >= 0.3 is 0 Å². The molecule has 0 saturated heterocycles. The van der Waals surface area contributed by atoms with Crippen LogP contribution in [0.25, 0.3) is 0 Å². The van der Waals surface area contributed by atoms with Gasteiger partial charge in [0.15, 0.2) is 0 Å². The molecule has 1 aromatic heterocycles. The van der Waals surface area contributed by atoms with Crippen LogP contribution in [0.5, 0.6) is 0 Å². The van der Waals surface area contributed by atoms with Crippen molar-refractivity contribution in [2.45, 2.75) is 20.0 Å². The number of benzene rings is 2. The topological polar surface area (TPSA) is 135 Å². The number of carbonyl (C=O) groups excluding carboxylic acids is 2. The number of nitrogens with one attached hydrogen (secondary N) is 3. The number of aromatic nitrogens is 3. The number of anilines is 2. The summed E-state index contributed by atoms with van der Waals surface area (Å²) in [6.45, 7) is 2.17. The summed E-state index contributed by atoms with van der Waals surface area (Å²) in [6, 6.07) is 12.0. The van der Waals surface area contributed by atoms with E-state index in [1.165, 1.54) is 31.5 Å². The van der Waals surface area contributed by atoms with Crippen molar-refractivity contribution >= 4 is 33.2 Å². The summed E-state index contributed by atoms with van der Waals surface area (Å²) in [5.74, 6) is -0.786. The Balaban J connectivity index is 1.71. The van der Waals surface area contributed by atoms with Crippen molar-refractivity contribution in [2.75, 3.05) is 16.3 Å². The van der Waals surface area contributed by atoms with Crippen LogP contribution in [-0.4, -0.2) is 41.3 Å². The molecule has 3 rings (SSSR count). The van der Waals surface area contributed by atoms with E-state index in [1.54, 1.807) is 11.0 Å². The highest BCUT2D eigenvalue weighted by atomic mass is 32.2. The van der Waals surface area contributed by atoms with E-state index in [4.69, 9.17) is 0 Å². The summed E-state index contributed by atoms with van der Waals surface area (Å²) in [5.41, 5.74) is 2.50. The van der Waals surface area contributed by atoms with Gasteiger partial charge in [-0.05, 0) is 29.3 Å². The van der Waals surface area contributed by atoms with E-state index in [1.807, 2.05) is 24.3 Å². The second-order valence-corrected chi connectivity index (χ2v) is 8.66. The summed E-state index contributed by atoms with van der Waals surface area (Å²) < 4.78 is 27.3. The second kappa shape index (κ2) is 9.39. The molecule has 0 spiro atoms. The normalized spacial score (nSPS) is 11.0. The Morgan fingerprint density at radius 2 is 1.77 bits per heavy atom. The standard InChI is InChI=1S/C20H22N6O4S/c1-14(27)24-17-7-8-19(25-31(2,29)30)18(9-17)20(28)22-10-15-3-5-16(6-4-15)11-26-13-21-12-23-26/h3-9,12-13,25H,10-11H2,1-2H3,(H,22,28)(H,24,27). The van der Waals surface area contributed by atoms with Crippen molar-refractivity contribution in [1.82, 2.24) is 20.1 Å². The van der Waals surface area contributed by atoms with Gasteiger partial charge in [-0.2, -0.15) is 5.10 Å². The molecule has 31 heavy (non-hydrogen) atoms. The molecule has 10 nitrogen and oxygen atoms in total. The fourth-order valence-corrected chi connectivity index (χ4v) is 3.42. The van der Waals surface area contributed by atoms with Gasteiger partial charge in [0.2, 0.25) is 15.9 Å². The molecule has 3 N–H and O–H groups in total. The fraction of sp³-hybridized carbons (Fsp3) is 0.200. The third-order valence-corrected chi connectivity index (χ3v) is 4.76. The lowest BCUT2D eigenvalue weighted by atomic mass is 10.1. The van der Waals surface area contributed by atoms with Crippen LogP contribution in [0.3, 0.4) is 0 Å². The Hall–Kier alpha value is -3.73. The molecule has 0 saturated carbocycles. The molecular formula is C20H22N6O4S. The minimum Gasteiger partial charge on any atom is -0.348 e. The molecule has 0 unspecified atom stereocenters. The number of hydrogen-bond acceptors (Lipinski definition) is 6. The maximum atomic E-state index is 12.8. The molecule has 0 radical (unpaired) electrons. The molecule has 0 atom stereocenters. The average Bonchev–Trinajstić information content (AvgIpc) is 3.20. The van der Waals surface area contributed by atoms with E-state index < -0.39 is 15.9 Å². The van der Waals surface area contributed by atoms with Crippen LogP contribution in [0.1, 0.15) is 28.4 Å². The number of carbonyl (C=O) groups is 2. The summed E-state index contributed by atoms with van der Waals surface area (Å²) in [7, 11) is -3.59. The highest BCUT2D eigenvalue weighted by Crippen LogP contribution is 2.22. The van der Waals surface area contributed by atoms with Gasteiger partial charge in [-0.25, -0.2) is 18.1 Å².